The molecule has 0 amide bonds. The van der Waals surface area contributed by atoms with E-state index in [-0.39, 0.29) is 0 Å². The average molecular weight is 347 g/mol. The number of aromatic nitrogens is 6. The molecule has 7 heteroatoms. The van der Waals surface area contributed by atoms with Crippen LogP contribution < -0.4 is 0 Å². The van der Waals surface area contributed by atoms with Gasteiger partial charge in [-0.25, -0.2) is 9.67 Å². The van der Waals surface area contributed by atoms with Gasteiger partial charge in [0.05, 0.1) is 17.3 Å². The molecule has 0 saturated heterocycles. The van der Waals surface area contributed by atoms with Gasteiger partial charge in [0.15, 0.2) is 17.1 Å². The summed E-state index contributed by atoms with van der Waals surface area (Å²) in [5.41, 5.74) is 3.33. The number of hydrogen-bond donors (Lipinski definition) is 0. The Balaban J connectivity index is 1.73. The molecule has 25 heavy (non-hydrogen) atoms. The Labute approximate surface area is 147 Å². The fourth-order valence-corrected chi connectivity index (χ4v) is 3.00. The number of fused-ring (bicyclic) bond motifs is 3. The zero-order valence-electron chi connectivity index (χ0n) is 12.9. The van der Waals surface area contributed by atoms with Crippen LogP contribution in [-0.4, -0.2) is 29.4 Å². The van der Waals surface area contributed by atoms with Gasteiger partial charge in [-0.2, -0.15) is 5.10 Å². The van der Waals surface area contributed by atoms with Crippen LogP contribution in [0.15, 0.2) is 67.1 Å². The minimum absolute atomic E-state index is 0.681. The number of rotatable bonds is 2. The van der Waals surface area contributed by atoms with Crippen molar-refractivity contribution in [3.8, 4) is 17.1 Å². The zero-order valence-corrected chi connectivity index (χ0v) is 13.7. The molecule has 5 aromatic rings. The van der Waals surface area contributed by atoms with Crippen LogP contribution in [0.4, 0.5) is 0 Å². The predicted octanol–water partition coefficient (Wildman–Crippen LogP) is 3.78. The fourth-order valence-electron chi connectivity index (χ4n) is 2.88. The molecule has 120 valence electrons. The smallest absolute Gasteiger partial charge is 0.175 e. The van der Waals surface area contributed by atoms with Gasteiger partial charge in [-0.1, -0.05) is 41.9 Å². The fraction of sp³-hybridized carbons (Fsp3) is 0. The monoisotopic (exact) mass is 346 g/mol. The third-order valence-electron chi connectivity index (χ3n) is 4.08. The molecule has 0 fully saturated rings. The SMILES string of the molecule is Clc1ccc(-n2ncc3c2ncn2c(-c4ccccc4)nnc32)cc1. The van der Waals surface area contributed by atoms with Gasteiger partial charge in [-0.05, 0) is 24.3 Å². The molecule has 2 aromatic carbocycles. The summed E-state index contributed by atoms with van der Waals surface area (Å²) in [7, 11) is 0. The van der Waals surface area contributed by atoms with Gasteiger partial charge in [-0.3, -0.25) is 4.40 Å². The summed E-state index contributed by atoms with van der Waals surface area (Å²) in [6, 6.07) is 17.4. The topological polar surface area (TPSA) is 60.9 Å². The summed E-state index contributed by atoms with van der Waals surface area (Å²) in [5, 5.41) is 14.6. The molecule has 0 aliphatic heterocycles. The van der Waals surface area contributed by atoms with E-state index in [0.29, 0.717) is 5.02 Å². The summed E-state index contributed by atoms with van der Waals surface area (Å²) in [6.45, 7) is 0. The second-order valence-corrected chi connectivity index (χ2v) is 6.03. The van der Waals surface area contributed by atoms with Crippen molar-refractivity contribution in [3.63, 3.8) is 0 Å². The first kappa shape index (κ1) is 14.1. The summed E-state index contributed by atoms with van der Waals surface area (Å²) in [6.07, 6.45) is 3.49. The lowest BCUT2D eigenvalue weighted by atomic mass is 10.2. The maximum absolute atomic E-state index is 5.96. The summed E-state index contributed by atoms with van der Waals surface area (Å²) >= 11 is 5.96. The minimum atomic E-state index is 0.681. The van der Waals surface area contributed by atoms with Crippen LogP contribution >= 0.6 is 11.6 Å². The van der Waals surface area contributed by atoms with Crippen molar-refractivity contribution in [1.82, 2.24) is 29.4 Å². The van der Waals surface area contributed by atoms with Crippen molar-refractivity contribution >= 4 is 28.3 Å². The van der Waals surface area contributed by atoms with Crippen molar-refractivity contribution < 1.29 is 0 Å². The first-order valence-electron chi connectivity index (χ1n) is 7.70. The Bertz CT molecular complexity index is 1190. The molecule has 5 rings (SSSR count). The van der Waals surface area contributed by atoms with E-state index in [2.05, 4.69) is 20.3 Å². The normalized spacial score (nSPS) is 11.4. The molecule has 0 radical (unpaired) electrons. The standard InChI is InChI=1S/C18H11ClN6/c19-13-6-8-14(9-7-13)25-17-15(10-21-25)18-23-22-16(24(18)11-20-17)12-4-2-1-3-5-12/h1-11H. The molecule has 0 N–H and O–H groups in total. The highest BCUT2D eigenvalue weighted by Gasteiger charge is 2.15. The molecule has 3 aromatic heterocycles. The second kappa shape index (κ2) is 5.39. The molecule has 6 nitrogen and oxygen atoms in total. The second-order valence-electron chi connectivity index (χ2n) is 5.60. The highest BCUT2D eigenvalue weighted by Crippen LogP contribution is 2.24. The lowest BCUT2D eigenvalue weighted by Gasteiger charge is -2.03. The minimum Gasteiger partial charge on any atom is -0.265 e. The van der Waals surface area contributed by atoms with Crippen molar-refractivity contribution in [2.75, 3.05) is 0 Å². The van der Waals surface area contributed by atoms with Crippen LogP contribution in [0.1, 0.15) is 0 Å². The maximum Gasteiger partial charge on any atom is 0.175 e. The third kappa shape index (κ3) is 2.19. The third-order valence-corrected chi connectivity index (χ3v) is 4.33. The summed E-state index contributed by atoms with van der Waals surface area (Å²) in [5.74, 6) is 0.754. The van der Waals surface area contributed by atoms with Gasteiger partial charge in [0.1, 0.15) is 6.33 Å². The summed E-state index contributed by atoms with van der Waals surface area (Å²) < 4.78 is 3.65. The van der Waals surface area contributed by atoms with Crippen molar-refractivity contribution in [1.29, 1.82) is 0 Å². The van der Waals surface area contributed by atoms with Crippen LogP contribution in [0.3, 0.4) is 0 Å². The van der Waals surface area contributed by atoms with Gasteiger partial charge in [-0.15, -0.1) is 10.2 Å². The molecule has 0 spiro atoms. The van der Waals surface area contributed by atoms with Gasteiger partial charge in [0.25, 0.3) is 0 Å². The van der Waals surface area contributed by atoms with Gasteiger partial charge in [0.2, 0.25) is 0 Å². The number of halogens is 1. The van der Waals surface area contributed by atoms with E-state index in [4.69, 9.17) is 11.6 Å². The van der Waals surface area contributed by atoms with E-state index in [9.17, 15) is 0 Å². The molecular formula is C18H11ClN6. The Morgan fingerprint density at radius 1 is 0.840 bits per heavy atom. The van der Waals surface area contributed by atoms with Gasteiger partial charge in [0, 0.05) is 10.6 Å². The molecule has 3 heterocycles. The molecule has 0 bridgehead atoms. The molecule has 0 aliphatic carbocycles. The molecule has 0 unspecified atom stereocenters. The first-order valence-corrected chi connectivity index (χ1v) is 8.08. The van der Waals surface area contributed by atoms with E-state index in [1.165, 1.54) is 0 Å². The van der Waals surface area contributed by atoms with E-state index in [1.807, 2.05) is 59.0 Å². The molecular weight excluding hydrogens is 336 g/mol. The Morgan fingerprint density at radius 2 is 1.64 bits per heavy atom. The largest absolute Gasteiger partial charge is 0.265 e. The molecule has 0 aliphatic rings. The van der Waals surface area contributed by atoms with E-state index in [0.717, 1.165) is 33.8 Å². The lowest BCUT2D eigenvalue weighted by molar-refractivity contribution is 0.893. The number of nitrogens with zero attached hydrogens (tertiary/aromatic N) is 6. The summed E-state index contributed by atoms with van der Waals surface area (Å²) in [4.78, 5) is 4.58. The number of benzene rings is 2. The van der Waals surface area contributed by atoms with Crippen molar-refractivity contribution in [3.05, 3.63) is 72.1 Å². The zero-order chi connectivity index (χ0) is 16.8. The Hall–Kier alpha value is -3.25. The predicted molar refractivity (Wildman–Crippen MR) is 95.9 cm³/mol. The molecule has 0 saturated carbocycles. The number of hydrogen-bond acceptors (Lipinski definition) is 4. The van der Waals surface area contributed by atoms with E-state index in [1.54, 1.807) is 17.2 Å². The average Bonchev–Trinajstić information content (AvgIpc) is 3.27. The first-order chi connectivity index (χ1) is 12.3. The quantitative estimate of drug-likeness (QED) is 0.488. The van der Waals surface area contributed by atoms with E-state index < -0.39 is 0 Å². The van der Waals surface area contributed by atoms with Crippen LogP contribution in [0, 0.1) is 0 Å². The Morgan fingerprint density at radius 3 is 2.44 bits per heavy atom. The van der Waals surface area contributed by atoms with Crippen LogP contribution in [0.25, 0.3) is 33.8 Å². The van der Waals surface area contributed by atoms with Crippen LogP contribution in [-0.2, 0) is 0 Å². The van der Waals surface area contributed by atoms with Crippen LogP contribution in [0.2, 0.25) is 5.02 Å². The Kier molecular flexibility index (Phi) is 3.05. The lowest BCUT2D eigenvalue weighted by Crippen LogP contribution is -1.98. The van der Waals surface area contributed by atoms with Crippen LogP contribution in [0.5, 0.6) is 0 Å². The van der Waals surface area contributed by atoms with Crippen molar-refractivity contribution in [2.24, 2.45) is 0 Å². The van der Waals surface area contributed by atoms with Gasteiger partial charge >= 0.3 is 0 Å². The van der Waals surface area contributed by atoms with Crippen molar-refractivity contribution in [2.45, 2.75) is 0 Å². The molecule has 0 atom stereocenters. The maximum atomic E-state index is 5.96. The highest BCUT2D eigenvalue weighted by molar-refractivity contribution is 6.30. The van der Waals surface area contributed by atoms with Gasteiger partial charge < -0.3 is 0 Å². The van der Waals surface area contributed by atoms with E-state index >= 15 is 0 Å². The highest BCUT2D eigenvalue weighted by atomic mass is 35.5.